The predicted octanol–water partition coefficient (Wildman–Crippen LogP) is 1.42. The smallest absolute Gasteiger partial charge is 0.265 e. The molecule has 2 aromatic heterocycles. The van der Waals surface area contributed by atoms with E-state index in [0.29, 0.717) is 5.69 Å². The molecule has 0 aliphatic heterocycles. The molecule has 0 spiro atoms. The van der Waals surface area contributed by atoms with Gasteiger partial charge in [-0.15, -0.1) is 0 Å². The second kappa shape index (κ2) is 2.85. The molecule has 2 rings (SSSR count). The number of fused-ring (bicyclic) bond motifs is 1. The summed E-state index contributed by atoms with van der Waals surface area (Å²) >= 11 is 3.27. The molecular formula is C8H6BrN3O. The van der Waals surface area contributed by atoms with Crippen LogP contribution >= 0.6 is 15.9 Å². The number of aromatic amines is 1. The lowest BCUT2D eigenvalue weighted by molar-refractivity contribution is 0.0997. The molecule has 0 atom stereocenters. The SMILES string of the molecule is NC(=O)c1[nH]cc2ncc(Br)cc12. The van der Waals surface area contributed by atoms with Gasteiger partial charge in [0.25, 0.3) is 5.91 Å². The Labute approximate surface area is 82.3 Å². The molecule has 0 radical (unpaired) electrons. The molecule has 0 bridgehead atoms. The summed E-state index contributed by atoms with van der Waals surface area (Å²) in [6, 6.07) is 1.80. The van der Waals surface area contributed by atoms with Gasteiger partial charge in [0.05, 0.1) is 5.52 Å². The van der Waals surface area contributed by atoms with Crippen LogP contribution in [0, 0.1) is 0 Å². The van der Waals surface area contributed by atoms with E-state index >= 15 is 0 Å². The molecule has 0 aromatic carbocycles. The molecule has 0 saturated heterocycles. The van der Waals surface area contributed by atoms with E-state index in [1.807, 2.05) is 0 Å². The third-order valence-corrected chi connectivity index (χ3v) is 2.19. The zero-order valence-corrected chi connectivity index (χ0v) is 8.13. The Kier molecular flexibility index (Phi) is 1.81. The Morgan fingerprint density at radius 2 is 2.38 bits per heavy atom. The van der Waals surface area contributed by atoms with Gasteiger partial charge in [-0.3, -0.25) is 9.78 Å². The minimum absolute atomic E-state index is 0.392. The summed E-state index contributed by atoms with van der Waals surface area (Å²) in [4.78, 5) is 17.8. The van der Waals surface area contributed by atoms with Crippen LogP contribution in [0.5, 0.6) is 0 Å². The highest BCUT2D eigenvalue weighted by Crippen LogP contribution is 2.19. The van der Waals surface area contributed by atoms with Crippen LogP contribution < -0.4 is 5.73 Å². The average molecular weight is 240 g/mol. The Balaban J connectivity index is 2.79. The maximum atomic E-state index is 10.9. The second-order valence-corrected chi connectivity index (χ2v) is 3.53. The summed E-state index contributed by atoms with van der Waals surface area (Å²) in [5.41, 5.74) is 6.29. The number of halogens is 1. The molecule has 0 aliphatic carbocycles. The number of hydrogen-bond acceptors (Lipinski definition) is 2. The normalized spacial score (nSPS) is 10.5. The summed E-state index contributed by atoms with van der Waals surface area (Å²) in [6.45, 7) is 0. The van der Waals surface area contributed by atoms with Crippen LogP contribution in [0.4, 0.5) is 0 Å². The number of primary amides is 1. The molecule has 0 fully saturated rings. The van der Waals surface area contributed by atoms with E-state index in [2.05, 4.69) is 25.9 Å². The van der Waals surface area contributed by atoms with Crippen LogP contribution in [0.1, 0.15) is 10.5 Å². The summed E-state index contributed by atoms with van der Waals surface area (Å²) in [5.74, 6) is -0.477. The van der Waals surface area contributed by atoms with Crippen molar-refractivity contribution in [3.05, 3.63) is 28.6 Å². The van der Waals surface area contributed by atoms with E-state index in [0.717, 1.165) is 15.4 Å². The number of pyridine rings is 1. The van der Waals surface area contributed by atoms with Gasteiger partial charge in [0.15, 0.2) is 0 Å². The van der Waals surface area contributed by atoms with E-state index in [4.69, 9.17) is 5.73 Å². The van der Waals surface area contributed by atoms with Crippen LogP contribution in [0.2, 0.25) is 0 Å². The van der Waals surface area contributed by atoms with Gasteiger partial charge in [0.2, 0.25) is 0 Å². The number of H-pyrrole nitrogens is 1. The summed E-state index contributed by atoms with van der Waals surface area (Å²) in [6.07, 6.45) is 3.32. The van der Waals surface area contributed by atoms with Gasteiger partial charge >= 0.3 is 0 Å². The van der Waals surface area contributed by atoms with Crippen molar-refractivity contribution >= 4 is 32.7 Å². The van der Waals surface area contributed by atoms with Crippen molar-refractivity contribution in [1.29, 1.82) is 0 Å². The Hall–Kier alpha value is -1.36. The van der Waals surface area contributed by atoms with Gasteiger partial charge in [0, 0.05) is 22.3 Å². The number of carbonyl (C=O) groups excluding carboxylic acids is 1. The topological polar surface area (TPSA) is 71.8 Å². The number of carbonyl (C=O) groups is 1. The number of amides is 1. The third-order valence-electron chi connectivity index (χ3n) is 1.75. The van der Waals surface area contributed by atoms with E-state index in [1.165, 1.54) is 0 Å². The van der Waals surface area contributed by atoms with Gasteiger partial charge < -0.3 is 10.7 Å². The highest BCUT2D eigenvalue weighted by molar-refractivity contribution is 9.10. The largest absolute Gasteiger partial charge is 0.364 e. The lowest BCUT2D eigenvalue weighted by Crippen LogP contribution is -2.11. The molecule has 13 heavy (non-hydrogen) atoms. The van der Waals surface area contributed by atoms with Crippen molar-refractivity contribution in [2.45, 2.75) is 0 Å². The van der Waals surface area contributed by atoms with Crippen molar-refractivity contribution in [2.24, 2.45) is 5.73 Å². The summed E-state index contributed by atoms with van der Waals surface area (Å²) in [7, 11) is 0. The Bertz CT molecular complexity index is 477. The zero-order valence-electron chi connectivity index (χ0n) is 6.54. The number of aromatic nitrogens is 2. The van der Waals surface area contributed by atoms with Crippen LogP contribution in [0.3, 0.4) is 0 Å². The van der Waals surface area contributed by atoms with Crippen LogP contribution in [-0.4, -0.2) is 15.9 Å². The molecule has 0 aliphatic rings. The Morgan fingerprint density at radius 3 is 3.08 bits per heavy atom. The van der Waals surface area contributed by atoms with Gasteiger partial charge in [0.1, 0.15) is 5.69 Å². The van der Waals surface area contributed by atoms with Gasteiger partial charge in [-0.2, -0.15) is 0 Å². The predicted molar refractivity (Wildman–Crippen MR) is 52.3 cm³/mol. The molecule has 5 heteroatoms. The average Bonchev–Trinajstić information content (AvgIpc) is 2.46. The second-order valence-electron chi connectivity index (χ2n) is 2.61. The first-order valence-electron chi connectivity index (χ1n) is 3.61. The quantitative estimate of drug-likeness (QED) is 0.791. The van der Waals surface area contributed by atoms with Gasteiger partial charge in [-0.05, 0) is 22.0 Å². The van der Waals surface area contributed by atoms with Crippen molar-refractivity contribution < 1.29 is 4.79 Å². The minimum atomic E-state index is -0.477. The first kappa shape index (κ1) is 8.25. The van der Waals surface area contributed by atoms with Gasteiger partial charge in [-0.1, -0.05) is 0 Å². The molecule has 2 aromatic rings. The zero-order chi connectivity index (χ0) is 9.42. The maximum Gasteiger partial charge on any atom is 0.265 e. The summed E-state index contributed by atoms with van der Waals surface area (Å²) < 4.78 is 0.821. The molecule has 2 heterocycles. The molecule has 0 saturated carbocycles. The monoisotopic (exact) mass is 239 g/mol. The van der Waals surface area contributed by atoms with E-state index < -0.39 is 5.91 Å². The number of nitrogens with two attached hydrogens (primary N) is 1. The first-order valence-corrected chi connectivity index (χ1v) is 4.40. The summed E-state index contributed by atoms with van der Waals surface area (Å²) in [5, 5.41) is 0.738. The van der Waals surface area contributed by atoms with E-state index in [1.54, 1.807) is 18.5 Å². The Morgan fingerprint density at radius 1 is 1.62 bits per heavy atom. The van der Waals surface area contributed by atoms with Crippen molar-refractivity contribution in [3.8, 4) is 0 Å². The standard InChI is InChI=1S/C8H6BrN3O/c9-4-1-5-6(11-2-4)3-12-7(5)8(10)13/h1-3,12H,(H2,10,13). The third kappa shape index (κ3) is 1.31. The molecule has 4 nitrogen and oxygen atoms in total. The fraction of sp³-hybridized carbons (Fsp3) is 0. The maximum absolute atomic E-state index is 10.9. The van der Waals surface area contributed by atoms with Crippen LogP contribution in [0.15, 0.2) is 22.9 Å². The highest BCUT2D eigenvalue weighted by Gasteiger charge is 2.09. The lowest BCUT2D eigenvalue weighted by Gasteiger charge is -1.93. The first-order chi connectivity index (χ1) is 6.18. The molecule has 0 unspecified atom stereocenters. The number of rotatable bonds is 1. The molecule has 1 amide bonds. The molecule has 66 valence electrons. The highest BCUT2D eigenvalue weighted by atomic mass is 79.9. The van der Waals surface area contributed by atoms with Gasteiger partial charge in [-0.25, -0.2) is 0 Å². The minimum Gasteiger partial charge on any atom is -0.364 e. The number of nitrogens with one attached hydrogen (secondary N) is 1. The van der Waals surface area contributed by atoms with Crippen LogP contribution in [0.25, 0.3) is 10.9 Å². The van der Waals surface area contributed by atoms with Crippen molar-refractivity contribution in [1.82, 2.24) is 9.97 Å². The van der Waals surface area contributed by atoms with Crippen molar-refractivity contribution in [3.63, 3.8) is 0 Å². The number of hydrogen-bond donors (Lipinski definition) is 2. The lowest BCUT2D eigenvalue weighted by atomic mass is 10.2. The van der Waals surface area contributed by atoms with Crippen molar-refractivity contribution in [2.75, 3.05) is 0 Å². The molecular weight excluding hydrogens is 234 g/mol. The van der Waals surface area contributed by atoms with E-state index in [9.17, 15) is 4.79 Å². The fourth-order valence-electron chi connectivity index (χ4n) is 1.19. The van der Waals surface area contributed by atoms with Crippen LogP contribution in [-0.2, 0) is 0 Å². The fourth-order valence-corrected chi connectivity index (χ4v) is 1.52. The number of nitrogens with zero attached hydrogens (tertiary/aromatic N) is 1. The van der Waals surface area contributed by atoms with E-state index in [-0.39, 0.29) is 0 Å². The molecule has 3 N–H and O–H groups in total.